The summed E-state index contributed by atoms with van der Waals surface area (Å²) in [6.45, 7) is 0. The molecule has 0 bridgehead atoms. The Morgan fingerprint density at radius 2 is 1.73 bits per heavy atom. The van der Waals surface area contributed by atoms with E-state index in [4.69, 9.17) is 4.74 Å². The Labute approximate surface area is 127 Å². The van der Waals surface area contributed by atoms with E-state index in [9.17, 15) is 10.1 Å². The Balaban J connectivity index is 2.02. The molecule has 0 spiro atoms. The molecule has 1 aliphatic heterocycles. The predicted octanol–water partition coefficient (Wildman–Crippen LogP) is 2.81. The van der Waals surface area contributed by atoms with Crippen molar-refractivity contribution in [3.05, 3.63) is 71.8 Å². The fourth-order valence-electron chi connectivity index (χ4n) is 2.41. The van der Waals surface area contributed by atoms with Crippen LogP contribution in [0.2, 0.25) is 0 Å². The number of hydrogen-bond acceptors (Lipinski definition) is 4. The second-order valence-corrected chi connectivity index (χ2v) is 4.82. The van der Waals surface area contributed by atoms with E-state index in [0.717, 1.165) is 11.1 Å². The van der Waals surface area contributed by atoms with Gasteiger partial charge < -0.3 is 4.74 Å². The van der Waals surface area contributed by atoms with Gasteiger partial charge in [-0.25, -0.2) is 10.2 Å². The monoisotopic (exact) mass is 291 g/mol. The van der Waals surface area contributed by atoms with Crippen molar-refractivity contribution in [1.29, 1.82) is 5.26 Å². The number of nitrogens with one attached hydrogen (secondary N) is 1. The molecule has 3 rings (SSSR count). The molecule has 2 unspecified atom stereocenters. The van der Waals surface area contributed by atoms with Crippen LogP contribution in [0.25, 0.3) is 0 Å². The standard InChI is InChI=1S/C17H13N3O2/c18-11-14(12-7-3-1-4-8-12)16-15(19-20-17(21)22-16)13-9-5-2-6-10-13/h1-10,14,16H,(H,20,21). The van der Waals surface area contributed by atoms with Crippen LogP contribution >= 0.6 is 0 Å². The van der Waals surface area contributed by atoms with Crippen molar-refractivity contribution in [2.45, 2.75) is 12.0 Å². The Hall–Kier alpha value is -3.13. The first-order chi connectivity index (χ1) is 10.8. The maximum atomic E-state index is 11.6. The lowest BCUT2D eigenvalue weighted by Gasteiger charge is -2.27. The molecule has 0 saturated carbocycles. The van der Waals surface area contributed by atoms with E-state index in [1.807, 2.05) is 60.7 Å². The number of cyclic esters (lactones) is 1. The van der Waals surface area contributed by atoms with Gasteiger partial charge in [0.15, 0.2) is 6.10 Å². The van der Waals surface area contributed by atoms with Crippen LogP contribution in [0.5, 0.6) is 0 Å². The number of benzene rings is 2. The molecule has 1 heterocycles. The number of amides is 1. The van der Waals surface area contributed by atoms with Gasteiger partial charge in [-0.15, -0.1) is 0 Å². The van der Waals surface area contributed by atoms with Crippen molar-refractivity contribution < 1.29 is 9.53 Å². The SMILES string of the molecule is N#CC(c1ccccc1)C1OC(=O)NN=C1c1ccccc1. The van der Waals surface area contributed by atoms with Gasteiger partial charge in [0.05, 0.1) is 6.07 Å². The summed E-state index contributed by atoms with van der Waals surface area (Å²) < 4.78 is 5.36. The van der Waals surface area contributed by atoms with Crippen LogP contribution in [-0.2, 0) is 4.74 Å². The number of nitrogens with zero attached hydrogens (tertiary/aromatic N) is 2. The van der Waals surface area contributed by atoms with E-state index in [1.165, 1.54) is 0 Å². The summed E-state index contributed by atoms with van der Waals surface area (Å²) in [5.74, 6) is -0.619. The Bertz CT molecular complexity index is 736. The summed E-state index contributed by atoms with van der Waals surface area (Å²) in [4.78, 5) is 11.6. The lowest BCUT2D eigenvalue weighted by Crippen LogP contribution is -2.42. The average molecular weight is 291 g/mol. The molecule has 22 heavy (non-hydrogen) atoms. The first-order valence-electron chi connectivity index (χ1n) is 6.84. The zero-order chi connectivity index (χ0) is 15.4. The molecule has 0 saturated heterocycles. The zero-order valence-corrected chi connectivity index (χ0v) is 11.6. The Morgan fingerprint density at radius 3 is 2.36 bits per heavy atom. The topological polar surface area (TPSA) is 74.5 Å². The van der Waals surface area contributed by atoms with E-state index in [2.05, 4.69) is 16.6 Å². The number of hydrazone groups is 1. The second kappa shape index (κ2) is 6.10. The van der Waals surface area contributed by atoms with E-state index in [-0.39, 0.29) is 0 Å². The molecule has 5 heteroatoms. The third-order valence-electron chi connectivity index (χ3n) is 3.44. The lowest BCUT2D eigenvalue weighted by molar-refractivity contribution is 0.115. The fourth-order valence-corrected chi connectivity index (χ4v) is 2.41. The molecule has 1 N–H and O–H groups in total. The highest BCUT2D eigenvalue weighted by Crippen LogP contribution is 2.26. The van der Waals surface area contributed by atoms with Crippen LogP contribution in [0.3, 0.4) is 0 Å². The maximum Gasteiger partial charge on any atom is 0.428 e. The molecule has 0 aliphatic carbocycles. The van der Waals surface area contributed by atoms with Gasteiger partial charge in [-0.2, -0.15) is 10.4 Å². The zero-order valence-electron chi connectivity index (χ0n) is 11.6. The highest BCUT2D eigenvalue weighted by atomic mass is 16.6. The first kappa shape index (κ1) is 13.8. The van der Waals surface area contributed by atoms with Crippen LogP contribution in [0.15, 0.2) is 65.8 Å². The van der Waals surface area contributed by atoms with Crippen molar-refractivity contribution in [1.82, 2.24) is 5.43 Å². The molecule has 108 valence electrons. The summed E-state index contributed by atoms with van der Waals surface area (Å²) in [7, 11) is 0. The van der Waals surface area contributed by atoms with Crippen molar-refractivity contribution >= 4 is 11.8 Å². The van der Waals surface area contributed by atoms with Gasteiger partial charge in [-0.3, -0.25) is 0 Å². The number of carbonyl (C=O) groups is 1. The van der Waals surface area contributed by atoms with Gasteiger partial charge >= 0.3 is 6.09 Å². The Morgan fingerprint density at radius 1 is 1.09 bits per heavy atom. The lowest BCUT2D eigenvalue weighted by atomic mass is 9.89. The molecular formula is C17H13N3O2. The smallest absolute Gasteiger partial charge is 0.428 e. The minimum absolute atomic E-state index is 0.538. The Kier molecular flexibility index (Phi) is 3.84. The molecular weight excluding hydrogens is 278 g/mol. The van der Waals surface area contributed by atoms with Gasteiger partial charge in [0.2, 0.25) is 0 Å². The number of carbonyl (C=O) groups excluding carboxylic acids is 1. The summed E-state index contributed by atoms with van der Waals surface area (Å²) in [5.41, 5.74) is 4.44. The van der Waals surface area contributed by atoms with Crippen LogP contribution in [0.1, 0.15) is 17.0 Å². The predicted molar refractivity (Wildman–Crippen MR) is 81.2 cm³/mol. The van der Waals surface area contributed by atoms with Crippen molar-refractivity contribution in [3.63, 3.8) is 0 Å². The van der Waals surface area contributed by atoms with Gasteiger partial charge in [0.25, 0.3) is 0 Å². The number of hydrogen-bond donors (Lipinski definition) is 1. The quantitative estimate of drug-likeness (QED) is 0.944. The van der Waals surface area contributed by atoms with E-state index in [1.54, 1.807) is 0 Å². The largest absolute Gasteiger partial charge is 0.437 e. The van der Waals surface area contributed by atoms with Crippen LogP contribution in [0.4, 0.5) is 4.79 Å². The summed E-state index contributed by atoms with van der Waals surface area (Å²) in [5, 5.41) is 13.7. The fraction of sp³-hybridized carbons (Fsp3) is 0.118. The summed E-state index contributed by atoms with van der Waals surface area (Å²) >= 11 is 0. The number of nitriles is 1. The van der Waals surface area contributed by atoms with Gasteiger partial charge in [0.1, 0.15) is 11.6 Å². The van der Waals surface area contributed by atoms with Crippen LogP contribution < -0.4 is 5.43 Å². The third-order valence-corrected chi connectivity index (χ3v) is 3.44. The van der Waals surface area contributed by atoms with Crippen LogP contribution in [0, 0.1) is 11.3 Å². The van der Waals surface area contributed by atoms with E-state index in [0.29, 0.717) is 5.71 Å². The molecule has 2 atom stereocenters. The van der Waals surface area contributed by atoms with E-state index < -0.39 is 18.1 Å². The highest BCUT2D eigenvalue weighted by molar-refractivity contribution is 6.06. The summed E-state index contributed by atoms with van der Waals surface area (Å²) in [6.07, 6.45) is -1.40. The molecule has 0 fully saturated rings. The molecule has 1 amide bonds. The molecule has 5 nitrogen and oxygen atoms in total. The normalized spacial score (nSPS) is 18.4. The summed E-state index contributed by atoms with van der Waals surface area (Å²) in [6, 6.07) is 20.8. The first-order valence-corrected chi connectivity index (χ1v) is 6.84. The number of ether oxygens (including phenoxy) is 1. The minimum Gasteiger partial charge on any atom is -0.437 e. The molecule has 0 aromatic heterocycles. The van der Waals surface area contributed by atoms with E-state index >= 15 is 0 Å². The van der Waals surface area contributed by atoms with Crippen molar-refractivity contribution in [3.8, 4) is 6.07 Å². The van der Waals surface area contributed by atoms with Crippen LogP contribution in [-0.4, -0.2) is 17.9 Å². The maximum absolute atomic E-state index is 11.6. The average Bonchev–Trinajstić information content (AvgIpc) is 2.57. The highest BCUT2D eigenvalue weighted by Gasteiger charge is 2.35. The molecule has 0 radical (unpaired) electrons. The second-order valence-electron chi connectivity index (χ2n) is 4.82. The molecule has 2 aromatic rings. The van der Waals surface area contributed by atoms with Gasteiger partial charge in [-0.1, -0.05) is 60.7 Å². The van der Waals surface area contributed by atoms with Gasteiger partial charge in [-0.05, 0) is 5.56 Å². The van der Waals surface area contributed by atoms with Crippen molar-refractivity contribution in [2.75, 3.05) is 0 Å². The third kappa shape index (κ3) is 2.67. The van der Waals surface area contributed by atoms with Crippen molar-refractivity contribution in [2.24, 2.45) is 5.10 Å². The molecule has 2 aromatic carbocycles. The molecule has 1 aliphatic rings. The van der Waals surface area contributed by atoms with Gasteiger partial charge in [0, 0.05) is 5.56 Å². The number of rotatable bonds is 3. The minimum atomic E-state index is -0.747.